The fourth-order valence-corrected chi connectivity index (χ4v) is 5.27. The second kappa shape index (κ2) is 10.2. The third-order valence-corrected chi connectivity index (χ3v) is 6.89. The van der Waals surface area contributed by atoms with Gasteiger partial charge < -0.3 is 13.8 Å². The SMILES string of the molecule is C=Cc1nc(C2CCCC2)n(CCOC(F)F)c1-c1cc(CC)c(-c2c(C)noc2C)cc1C. The molecule has 7 heteroatoms. The molecule has 0 spiro atoms. The van der Waals surface area contributed by atoms with Crippen LogP contribution in [-0.4, -0.2) is 27.9 Å². The molecule has 1 aliphatic carbocycles. The molecular formula is C27H33F2N3O2. The summed E-state index contributed by atoms with van der Waals surface area (Å²) in [5.74, 6) is 2.07. The third-order valence-electron chi connectivity index (χ3n) is 6.89. The molecule has 0 bridgehead atoms. The average Bonchev–Trinajstić information content (AvgIpc) is 3.53. The molecule has 0 radical (unpaired) electrons. The summed E-state index contributed by atoms with van der Waals surface area (Å²) in [5.41, 5.74) is 8.00. The summed E-state index contributed by atoms with van der Waals surface area (Å²) in [6, 6.07) is 4.37. The zero-order valence-electron chi connectivity index (χ0n) is 20.5. The highest BCUT2D eigenvalue weighted by Crippen LogP contribution is 2.40. The first-order chi connectivity index (χ1) is 16.3. The van der Waals surface area contributed by atoms with E-state index in [9.17, 15) is 8.78 Å². The van der Waals surface area contributed by atoms with Gasteiger partial charge in [0.05, 0.1) is 23.7 Å². The molecule has 0 amide bonds. The van der Waals surface area contributed by atoms with Crippen molar-refractivity contribution in [1.29, 1.82) is 0 Å². The van der Waals surface area contributed by atoms with Crippen LogP contribution in [0.2, 0.25) is 0 Å². The van der Waals surface area contributed by atoms with E-state index in [0.29, 0.717) is 12.5 Å². The first-order valence-electron chi connectivity index (χ1n) is 12.0. The summed E-state index contributed by atoms with van der Waals surface area (Å²) in [5, 5.41) is 4.14. The molecule has 1 saturated carbocycles. The molecule has 0 N–H and O–H groups in total. The molecule has 1 fully saturated rings. The second-order valence-electron chi connectivity index (χ2n) is 9.05. The molecule has 1 aromatic carbocycles. The van der Waals surface area contributed by atoms with Crippen LogP contribution in [0.3, 0.4) is 0 Å². The predicted molar refractivity (Wildman–Crippen MR) is 130 cm³/mol. The number of nitrogens with zero attached hydrogens (tertiary/aromatic N) is 3. The number of ether oxygens (including phenoxy) is 1. The normalized spacial score (nSPS) is 14.4. The van der Waals surface area contributed by atoms with Gasteiger partial charge in [0.1, 0.15) is 11.6 Å². The molecule has 0 saturated heterocycles. The zero-order chi connectivity index (χ0) is 24.4. The van der Waals surface area contributed by atoms with Crippen molar-refractivity contribution in [3.63, 3.8) is 0 Å². The molecular weight excluding hydrogens is 436 g/mol. The van der Waals surface area contributed by atoms with Crippen molar-refractivity contribution in [2.45, 2.75) is 78.9 Å². The Balaban J connectivity index is 1.88. The van der Waals surface area contributed by atoms with Crippen LogP contribution in [0.25, 0.3) is 28.5 Å². The van der Waals surface area contributed by atoms with Gasteiger partial charge in [0, 0.05) is 23.6 Å². The van der Waals surface area contributed by atoms with E-state index in [4.69, 9.17) is 9.51 Å². The van der Waals surface area contributed by atoms with Crippen LogP contribution in [0.1, 0.15) is 72.6 Å². The number of aromatic nitrogens is 3. The molecule has 182 valence electrons. The first kappa shape index (κ1) is 24.3. The number of hydrogen-bond acceptors (Lipinski definition) is 4. The average molecular weight is 470 g/mol. The van der Waals surface area contributed by atoms with E-state index >= 15 is 0 Å². The van der Waals surface area contributed by atoms with Crippen LogP contribution < -0.4 is 0 Å². The number of rotatable bonds is 9. The summed E-state index contributed by atoms with van der Waals surface area (Å²) >= 11 is 0. The first-order valence-corrected chi connectivity index (χ1v) is 12.0. The minimum Gasteiger partial charge on any atom is -0.361 e. The lowest BCUT2D eigenvalue weighted by atomic mass is 9.90. The third kappa shape index (κ3) is 4.58. The monoisotopic (exact) mass is 469 g/mol. The Bertz CT molecular complexity index is 1150. The molecule has 34 heavy (non-hydrogen) atoms. The Morgan fingerprint density at radius 3 is 2.53 bits per heavy atom. The molecule has 1 aliphatic rings. The fraction of sp³-hybridized carbons (Fsp3) is 0.481. The summed E-state index contributed by atoms with van der Waals surface area (Å²) in [7, 11) is 0. The highest BCUT2D eigenvalue weighted by atomic mass is 19.3. The highest BCUT2D eigenvalue weighted by molar-refractivity contribution is 5.80. The van der Waals surface area contributed by atoms with Crippen LogP contribution in [0.15, 0.2) is 23.2 Å². The maximum atomic E-state index is 12.8. The summed E-state index contributed by atoms with van der Waals surface area (Å²) in [6.45, 7) is 9.55. The molecule has 4 rings (SSSR count). The van der Waals surface area contributed by atoms with Gasteiger partial charge in [-0.3, -0.25) is 0 Å². The quantitative estimate of drug-likeness (QED) is 0.332. The Morgan fingerprint density at radius 2 is 1.94 bits per heavy atom. The van der Waals surface area contributed by atoms with Gasteiger partial charge in [-0.15, -0.1) is 0 Å². The topological polar surface area (TPSA) is 53.1 Å². The van der Waals surface area contributed by atoms with E-state index in [-0.39, 0.29) is 6.61 Å². The molecule has 0 aliphatic heterocycles. The maximum absolute atomic E-state index is 12.8. The lowest BCUT2D eigenvalue weighted by Crippen LogP contribution is -2.14. The Labute approximate surface area is 199 Å². The smallest absolute Gasteiger partial charge is 0.345 e. The Kier molecular flexibility index (Phi) is 7.31. The van der Waals surface area contributed by atoms with Crippen LogP contribution in [-0.2, 0) is 17.7 Å². The van der Waals surface area contributed by atoms with Gasteiger partial charge in [-0.05, 0) is 68.9 Å². The van der Waals surface area contributed by atoms with Crippen LogP contribution in [0.4, 0.5) is 8.78 Å². The number of imidazole rings is 1. The van der Waals surface area contributed by atoms with E-state index < -0.39 is 6.61 Å². The van der Waals surface area contributed by atoms with Gasteiger partial charge in [0.15, 0.2) is 0 Å². The molecule has 2 heterocycles. The van der Waals surface area contributed by atoms with Crippen molar-refractivity contribution in [2.24, 2.45) is 0 Å². The van der Waals surface area contributed by atoms with E-state index in [1.807, 2.05) is 13.8 Å². The minimum absolute atomic E-state index is 0.0752. The van der Waals surface area contributed by atoms with Gasteiger partial charge >= 0.3 is 6.61 Å². The van der Waals surface area contributed by atoms with Crippen molar-refractivity contribution in [3.05, 3.63) is 52.8 Å². The lowest BCUT2D eigenvalue weighted by molar-refractivity contribution is -0.130. The fourth-order valence-electron chi connectivity index (χ4n) is 5.27. The predicted octanol–water partition coefficient (Wildman–Crippen LogP) is 7.23. The molecule has 3 aromatic rings. The molecule has 0 atom stereocenters. The lowest BCUT2D eigenvalue weighted by Gasteiger charge is -2.19. The zero-order valence-corrected chi connectivity index (χ0v) is 20.5. The van der Waals surface area contributed by atoms with Crippen LogP contribution >= 0.6 is 0 Å². The van der Waals surface area contributed by atoms with E-state index in [0.717, 1.165) is 83.0 Å². The number of hydrogen-bond donors (Lipinski definition) is 0. The Hall–Kier alpha value is -2.80. The van der Waals surface area contributed by atoms with Crippen molar-refractivity contribution >= 4 is 6.08 Å². The highest BCUT2D eigenvalue weighted by Gasteiger charge is 2.27. The van der Waals surface area contributed by atoms with Crippen molar-refractivity contribution in [1.82, 2.24) is 14.7 Å². The van der Waals surface area contributed by atoms with Crippen molar-refractivity contribution in [3.8, 4) is 22.4 Å². The number of aryl methyl sites for hydroxylation is 4. The minimum atomic E-state index is -2.79. The number of halogens is 2. The molecule has 0 unspecified atom stereocenters. The number of alkyl halides is 2. The molecule has 5 nitrogen and oxygen atoms in total. The Morgan fingerprint density at radius 1 is 1.21 bits per heavy atom. The van der Waals surface area contributed by atoms with Gasteiger partial charge in [-0.25, -0.2) is 4.98 Å². The molecule has 2 aromatic heterocycles. The summed E-state index contributed by atoms with van der Waals surface area (Å²) in [6.07, 6.45) is 7.05. The van der Waals surface area contributed by atoms with E-state index in [1.54, 1.807) is 6.08 Å². The standard InChI is InChI=1S/C27H33F2N3O2/c1-6-19-15-21(16(3)14-22(19)24-17(4)31-34-18(24)5)25-23(7-2)30-26(20-10-8-9-11-20)32(25)12-13-33-27(28)29/h7,14-15,20,27H,2,6,8-13H2,1,3-5H3. The van der Waals surface area contributed by atoms with Crippen molar-refractivity contribution in [2.75, 3.05) is 6.61 Å². The van der Waals surface area contributed by atoms with Gasteiger partial charge in [0.2, 0.25) is 0 Å². The van der Waals surface area contributed by atoms with E-state index in [2.05, 4.69) is 47.0 Å². The second-order valence-corrected chi connectivity index (χ2v) is 9.05. The van der Waals surface area contributed by atoms with E-state index in [1.165, 1.54) is 5.56 Å². The van der Waals surface area contributed by atoms with Crippen LogP contribution in [0.5, 0.6) is 0 Å². The largest absolute Gasteiger partial charge is 0.361 e. The van der Waals surface area contributed by atoms with Gasteiger partial charge in [-0.1, -0.05) is 37.6 Å². The number of benzene rings is 1. The van der Waals surface area contributed by atoms with Gasteiger partial charge in [0.25, 0.3) is 0 Å². The van der Waals surface area contributed by atoms with Crippen LogP contribution in [0, 0.1) is 20.8 Å². The summed E-state index contributed by atoms with van der Waals surface area (Å²) < 4.78 is 37.7. The van der Waals surface area contributed by atoms with Crippen molar-refractivity contribution < 1.29 is 18.0 Å². The maximum Gasteiger partial charge on any atom is 0.345 e. The van der Waals surface area contributed by atoms with Gasteiger partial charge in [-0.2, -0.15) is 8.78 Å². The summed E-state index contributed by atoms with van der Waals surface area (Å²) in [4.78, 5) is 4.96.